The normalized spacial score (nSPS) is 12.6. The van der Waals surface area contributed by atoms with E-state index in [1.54, 1.807) is 24.3 Å². The van der Waals surface area contributed by atoms with Crippen LogP contribution in [-0.4, -0.2) is 0 Å². The van der Waals surface area contributed by atoms with Crippen LogP contribution >= 0.6 is 15.6 Å². The van der Waals surface area contributed by atoms with Gasteiger partial charge in [0.15, 0.2) is 0 Å². The Balaban J connectivity index is -0.00000210. The summed E-state index contributed by atoms with van der Waals surface area (Å²) < 4.78 is 30.1. The average Bonchev–Trinajstić information content (AvgIpc) is 2.59. The van der Waals surface area contributed by atoms with Crippen molar-refractivity contribution in [2.24, 2.45) is 0 Å². The van der Waals surface area contributed by atoms with Crippen molar-refractivity contribution in [2.45, 2.75) is 38.5 Å². The summed E-state index contributed by atoms with van der Waals surface area (Å²) >= 11 is 0. The maximum absolute atomic E-state index is 10.7. The van der Waals surface area contributed by atoms with E-state index in [-0.39, 0.29) is 142 Å². The molecule has 154 valence electrons. The minimum absolute atomic E-state index is 0. The van der Waals surface area contributed by atoms with E-state index in [4.69, 9.17) is 0 Å². The van der Waals surface area contributed by atoms with Crippen molar-refractivity contribution in [3.63, 3.8) is 0 Å². The molecule has 0 aliphatic carbocycles. The van der Waals surface area contributed by atoms with Gasteiger partial charge >= 0.3 is 118 Å². The minimum Gasteiger partial charge on any atom is -0.780 e. The van der Waals surface area contributed by atoms with Crippen LogP contribution in [0.2, 0.25) is 0 Å². The van der Waals surface area contributed by atoms with Crippen molar-refractivity contribution in [3.8, 4) is 11.5 Å². The molecular weight excluding hydrogens is 498 g/mol. The molecule has 8 nitrogen and oxygen atoms in total. The Morgan fingerprint density at radius 3 is 1.06 bits per heavy atom. The van der Waals surface area contributed by atoms with Crippen LogP contribution < -0.4 is 147 Å². The molecule has 2 rings (SSSR count). The summed E-state index contributed by atoms with van der Waals surface area (Å²) in [4.78, 5) is 42.9. The molecule has 0 amide bonds. The zero-order valence-corrected chi connectivity index (χ0v) is 29.1. The molecule has 32 heavy (non-hydrogen) atoms. The summed E-state index contributed by atoms with van der Waals surface area (Å²) in [5, 5.41) is 0. The van der Waals surface area contributed by atoms with Crippen LogP contribution in [-0.2, 0) is 9.13 Å². The summed E-state index contributed by atoms with van der Waals surface area (Å²) in [6, 6.07) is 12.6. The van der Waals surface area contributed by atoms with Crippen LogP contribution in [0.4, 0.5) is 0 Å². The molecule has 0 saturated heterocycles. The number of phosphoric acid groups is 2. The van der Waals surface area contributed by atoms with Gasteiger partial charge in [0.05, 0.1) is 0 Å². The molecule has 0 spiro atoms. The third-order valence-corrected chi connectivity index (χ3v) is 5.29. The molecule has 0 aromatic heterocycles. The zero-order chi connectivity index (χ0) is 20.9. The van der Waals surface area contributed by atoms with Crippen LogP contribution in [0.15, 0.2) is 48.5 Å². The van der Waals surface area contributed by atoms with Gasteiger partial charge in [-0.3, -0.25) is 0 Å². The second-order valence-corrected chi connectivity index (χ2v) is 8.40. The first-order chi connectivity index (χ1) is 13.0. The van der Waals surface area contributed by atoms with Crippen LogP contribution in [0.1, 0.15) is 49.7 Å². The van der Waals surface area contributed by atoms with E-state index in [9.17, 15) is 28.7 Å². The standard InChI is InChI=1S/C18H24O8P2.4Na/c1-3-17(13-5-9-15(10-6-13)25-27(19,20)21)18(4-2)14-7-11-16(12-8-14)26-28(22,23)24;;;;/h5-12,17-18H,3-4H2,1-2H3,(H2,19,20,21)(H2,22,23,24);;;;/q;4*+1/p-4/t17-,18+;;;;. The van der Waals surface area contributed by atoms with Crippen molar-refractivity contribution in [1.82, 2.24) is 0 Å². The average molecular weight is 518 g/mol. The molecular formula is C18H20Na4O8P2. The number of phosphoric ester groups is 2. The molecule has 0 heterocycles. The SMILES string of the molecule is CC[C@H](c1ccc(OP(=O)([O-])[O-])cc1)[C@@H](CC)c1ccc(OP(=O)([O-])[O-])cc1.[Na+].[Na+].[Na+].[Na+]. The van der Waals surface area contributed by atoms with Crippen molar-refractivity contribution < 1.29 is 156 Å². The second kappa shape index (κ2) is 17.7. The van der Waals surface area contributed by atoms with Crippen molar-refractivity contribution in [3.05, 3.63) is 59.7 Å². The first-order valence-corrected chi connectivity index (χ1v) is 11.6. The summed E-state index contributed by atoms with van der Waals surface area (Å²) in [7, 11) is -10.2. The predicted molar refractivity (Wildman–Crippen MR) is 95.4 cm³/mol. The van der Waals surface area contributed by atoms with Gasteiger partial charge < -0.3 is 37.8 Å². The quantitative estimate of drug-likeness (QED) is 0.235. The summed E-state index contributed by atoms with van der Waals surface area (Å²) in [6.07, 6.45) is 1.57. The van der Waals surface area contributed by atoms with Gasteiger partial charge in [0.25, 0.3) is 0 Å². The predicted octanol–water partition coefficient (Wildman–Crippen LogP) is -10.2. The molecule has 0 bridgehead atoms. The Hall–Kier alpha value is 2.34. The molecule has 0 saturated carbocycles. The molecule has 14 heteroatoms. The van der Waals surface area contributed by atoms with Crippen LogP contribution in [0.25, 0.3) is 0 Å². The second-order valence-electron chi connectivity index (χ2n) is 6.24. The van der Waals surface area contributed by atoms with Crippen molar-refractivity contribution >= 4 is 15.6 Å². The van der Waals surface area contributed by atoms with Gasteiger partial charge in [0, 0.05) is 0 Å². The molecule has 0 unspecified atom stereocenters. The van der Waals surface area contributed by atoms with Gasteiger partial charge in [-0.1, -0.05) is 38.1 Å². The summed E-state index contributed by atoms with van der Waals surface area (Å²) in [5.74, 6) is 0.0896. The van der Waals surface area contributed by atoms with Gasteiger partial charge in [0.2, 0.25) is 0 Å². The summed E-state index contributed by atoms with van der Waals surface area (Å²) in [6.45, 7) is 4.04. The Morgan fingerprint density at radius 1 is 0.625 bits per heavy atom. The van der Waals surface area contributed by atoms with Gasteiger partial charge in [-0.05, 0) is 60.1 Å². The molecule has 2 aromatic carbocycles. The Morgan fingerprint density at radius 2 is 0.875 bits per heavy atom. The Kier molecular flexibility index (Phi) is 21.5. The van der Waals surface area contributed by atoms with Gasteiger partial charge in [0.1, 0.15) is 27.1 Å². The number of hydrogen-bond donors (Lipinski definition) is 0. The number of benzene rings is 2. The first-order valence-electron chi connectivity index (χ1n) is 8.65. The van der Waals surface area contributed by atoms with Gasteiger partial charge in [-0.25, -0.2) is 0 Å². The Bertz CT molecular complexity index is 798. The van der Waals surface area contributed by atoms with Crippen LogP contribution in [0.5, 0.6) is 11.5 Å². The first kappa shape index (κ1) is 38.9. The van der Waals surface area contributed by atoms with Gasteiger partial charge in [-0.2, -0.15) is 0 Å². The fourth-order valence-corrected chi connectivity index (χ4v) is 4.07. The van der Waals surface area contributed by atoms with Crippen LogP contribution in [0, 0.1) is 0 Å². The molecule has 2 aromatic rings. The Labute approximate surface area is 277 Å². The maximum Gasteiger partial charge on any atom is 1.00 e. The van der Waals surface area contributed by atoms with Crippen molar-refractivity contribution in [1.29, 1.82) is 0 Å². The fourth-order valence-electron chi connectivity index (χ4n) is 3.32. The minimum atomic E-state index is -5.10. The zero-order valence-electron chi connectivity index (χ0n) is 19.3. The number of hydrogen-bond acceptors (Lipinski definition) is 8. The third-order valence-electron chi connectivity index (χ3n) is 4.42. The molecule has 0 N–H and O–H groups in total. The molecule has 0 radical (unpaired) electrons. The van der Waals surface area contributed by atoms with E-state index in [1.807, 2.05) is 13.8 Å². The number of rotatable bonds is 9. The topological polar surface area (TPSA) is 145 Å². The van der Waals surface area contributed by atoms with E-state index in [1.165, 1.54) is 24.3 Å². The van der Waals surface area contributed by atoms with Gasteiger partial charge in [-0.15, -0.1) is 0 Å². The van der Waals surface area contributed by atoms with Crippen LogP contribution in [0.3, 0.4) is 0 Å². The monoisotopic (exact) mass is 518 g/mol. The third kappa shape index (κ3) is 13.6. The van der Waals surface area contributed by atoms with E-state index in [2.05, 4.69) is 9.05 Å². The molecule has 2 atom stereocenters. The van der Waals surface area contributed by atoms with E-state index in [0.717, 1.165) is 24.0 Å². The van der Waals surface area contributed by atoms with E-state index < -0.39 is 15.6 Å². The molecule has 0 aliphatic rings. The summed E-state index contributed by atoms with van der Waals surface area (Å²) in [5.41, 5.74) is 1.88. The molecule has 0 aliphatic heterocycles. The maximum atomic E-state index is 10.7. The fraction of sp³-hybridized carbons (Fsp3) is 0.333. The van der Waals surface area contributed by atoms with E-state index >= 15 is 0 Å². The largest absolute Gasteiger partial charge is 1.00 e. The molecule has 0 fully saturated rings. The van der Waals surface area contributed by atoms with Crippen molar-refractivity contribution in [2.75, 3.05) is 0 Å². The van der Waals surface area contributed by atoms with E-state index in [0.29, 0.717) is 0 Å². The smallest absolute Gasteiger partial charge is 0.780 e.